The minimum Gasteiger partial charge on any atom is -0.268 e. The molecule has 0 amide bonds. The summed E-state index contributed by atoms with van der Waals surface area (Å²) < 4.78 is 0. The van der Waals surface area contributed by atoms with E-state index in [1.54, 1.807) is 17.1 Å². The third-order valence-electron chi connectivity index (χ3n) is 3.73. The third-order valence-corrected chi connectivity index (χ3v) is 3.73. The summed E-state index contributed by atoms with van der Waals surface area (Å²) >= 11 is 0. The molecule has 0 unspecified atom stereocenters. The van der Waals surface area contributed by atoms with E-state index in [9.17, 15) is 10.1 Å². The Morgan fingerprint density at radius 2 is 1.59 bits per heavy atom. The van der Waals surface area contributed by atoms with Gasteiger partial charge in [-0.3, -0.25) is 16.0 Å². The lowest BCUT2D eigenvalue weighted by Gasteiger charge is -2.20. The fourth-order valence-corrected chi connectivity index (χ4v) is 2.68. The molecule has 0 fully saturated rings. The summed E-state index contributed by atoms with van der Waals surface area (Å²) in [5.41, 5.74) is 5.99. The van der Waals surface area contributed by atoms with E-state index in [1.807, 2.05) is 0 Å². The van der Waals surface area contributed by atoms with E-state index < -0.39 is 4.92 Å². The Morgan fingerprint density at radius 1 is 1.05 bits per heavy atom. The first-order valence-electron chi connectivity index (χ1n) is 7.16. The first-order valence-corrected chi connectivity index (χ1v) is 7.16. The lowest BCUT2D eigenvalue weighted by Crippen LogP contribution is -2.30. The van der Waals surface area contributed by atoms with Crippen molar-refractivity contribution in [2.75, 3.05) is 0 Å². The van der Waals surface area contributed by atoms with Gasteiger partial charge in [-0.15, -0.1) is 0 Å². The quantitative estimate of drug-likeness (QED) is 0.522. The van der Waals surface area contributed by atoms with Gasteiger partial charge in [0.05, 0.1) is 4.92 Å². The zero-order valence-corrected chi connectivity index (χ0v) is 13.2. The van der Waals surface area contributed by atoms with Gasteiger partial charge in [-0.25, -0.2) is 5.01 Å². The van der Waals surface area contributed by atoms with Gasteiger partial charge in [0, 0.05) is 25.2 Å². The molecule has 116 valence electrons. The molecule has 0 radical (unpaired) electrons. The van der Waals surface area contributed by atoms with Gasteiger partial charge in [0.15, 0.2) is 0 Å². The molecule has 22 heavy (non-hydrogen) atoms. The first-order chi connectivity index (χ1) is 10.4. The molecule has 2 aromatic carbocycles. The number of nitrogens with two attached hydrogens (primary N) is 1. The van der Waals surface area contributed by atoms with Crippen molar-refractivity contribution in [3.8, 4) is 0 Å². The summed E-state index contributed by atoms with van der Waals surface area (Å²) in [6.45, 7) is 7.46. The predicted octanol–water partition coefficient (Wildman–Crippen LogP) is 3.40. The van der Waals surface area contributed by atoms with Crippen LogP contribution >= 0.6 is 0 Å². The molecule has 5 heteroatoms. The van der Waals surface area contributed by atoms with Crippen molar-refractivity contribution in [2.24, 2.45) is 5.84 Å². The molecule has 0 aliphatic carbocycles. The number of rotatable bonds is 5. The molecule has 0 saturated heterocycles. The SMILES string of the molecule is Cc1cc(C)c(CN(N)Cc2ccc([N+](=O)[O-])cc2)c(C)c1. The monoisotopic (exact) mass is 299 g/mol. The molecular formula is C17H21N3O2. The van der Waals surface area contributed by atoms with Crippen LogP contribution < -0.4 is 5.84 Å². The molecule has 2 aromatic rings. The van der Waals surface area contributed by atoms with E-state index >= 15 is 0 Å². The van der Waals surface area contributed by atoms with Crippen molar-refractivity contribution in [3.05, 3.63) is 74.3 Å². The minimum absolute atomic E-state index is 0.0949. The fraction of sp³-hybridized carbons (Fsp3) is 0.294. The largest absolute Gasteiger partial charge is 0.269 e. The summed E-state index contributed by atoms with van der Waals surface area (Å²) in [4.78, 5) is 10.2. The number of nitro groups is 1. The van der Waals surface area contributed by atoms with Gasteiger partial charge >= 0.3 is 0 Å². The second-order valence-corrected chi connectivity index (χ2v) is 5.71. The Balaban J connectivity index is 2.07. The molecule has 0 atom stereocenters. The van der Waals surface area contributed by atoms with Gasteiger partial charge in [-0.05, 0) is 43.0 Å². The number of nitrogens with zero attached hydrogens (tertiary/aromatic N) is 2. The van der Waals surface area contributed by atoms with Crippen LogP contribution in [0.4, 0.5) is 5.69 Å². The number of non-ortho nitro benzene ring substituents is 1. The summed E-state index contributed by atoms with van der Waals surface area (Å²) in [5.74, 6) is 6.11. The Bertz CT molecular complexity index is 658. The van der Waals surface area contributed by atoms with Crippen LogP contribution in [0.5, 0.6) is 0 Å². The van der Waals surface area contributed by atoms with Crippen molar-refractivity contribution >= 4 is 5.69 Å². The Labute approximate surface area is 130 Å². The highest BCUT2D eigenvalue weighted by atomic mass is 16.6. The number of hydrazine groups is 1. The molecule has 0 aliphatic heterocycles. The van der Waals surface area contributed by atoms with Gasteiger partial charge in [0.25, 0.3) is 5.69 Å². The average Bonchev–Trinajstić information content (AvgIpc) is 2.43. The maximum Gasteiger partial charge on any atom is 0.269 e. The smallest absolute Gasteiger partial charge is 0.268 e. The third kappa shape index (κ3) is 3.90. The van der Waals surface area contributed by atoms with E-state index in [-0.39, 0.29) is 5.69 Å². The standard InChI is InChI=1S/C17H21N3O2/c1-12-8-13(2)17(14(3)9-12)11-19(18)10-15-4-6-16(7-5-15)20(21)22/h4-9H,10-11,18H2,1-3H3. The minimum atomic E-state index is -0.400. The number of nitro benzene ring substituents is 1. The van der Waals surface area contributed by atoms with Crippen LogP contribution in [0.2, 0.25) is 0 Å². The molecule has 0 aliphatic rings. The lowest BCUT2D eigenvalue weighted by atomic mass is 9.99. The zero-order valence-electron chi connectivity index (χ0n) is 13.2. The fourth-order valence-electron chi connectivity index (χ4n) is 2.68. The summed E-state index contributed by atoms with van der Waals surface area (Å²) in [6.07, 6.45) is 0. The van der Waals surface area contributed by atoms with Crippen LogP contribution in [-0.2, 0) is 13.1 Å². The average molecular weight is 299 g/mol. The maximum atomic E-state index is 10.6. The second-order valence-electron chi connectivity index (χ2n) is 5.71. The molecule has 0 aromatic heterocycles. The molecule has 0 bridgehead atoms. The Morgan fingerprint density at radius 3 is 2.09 bits per heavy atom. The lowest BCUT2D eigenvalue weighted by molar-refractivity contribution is -0.384. The van der Waals surface area contributed by atoms with Crippen LogP contribution in [-0.4, -0.2) is 9.93 Å². The van der Waals surface area contributed by atoms with Crippen LogP contribution in [0.1, 0.15) is 27.8 Å². The molecule has 5 nitrogen and oxygen atoms in total. The van der Waals surface area contributed by atoms with E-state index in [1.165, 1.54) is 34.4 Å². The molecular weight excluding hydrogens is 278 g/mol. The zero-order chi connectivity index (χ0) is 16.3. The maximum absolute atomic E-state index is 10.6. The van der Waals surface area contributed by atoms with E-state index in [0.29, 0.717) is 13.1 Å². The van der Waals surface area contributed by atoms with Gasteiger partial charge in [0.1, 0.15) is 0 Å². The summed E-state index contributed by atoms with van der Waals surface area (Å²) in [7, 11) is 0. The number of hydrogen-bond donors (Lipinski definition) is 1. The van der Waals surface area contributed by atoms with Gasteiger partial charge < -0.3 is 0 Å². The highest BCUT2D eigenvalue weighted by Crippen LogP contribution is 2.19. The number of hydrogen-bond acceptors (Lipinski definition) is 4. The molecule has 0 heterocycles. The van der Waals surface area contributed by atoms with E-state index in [0.717, 1.165) is 5.56 Å². The van der Waals surface area contributed by atoms with Crippen LogP contribution in [0, 0.1) is 30.9 Å². The predicted molar refractivity (Wildman–Crippen MR) is 87.2 cm³/mol. The summed E-state index contributed by atoms with van der Waals surface area (Å²) in [6, 6.07) is 10.8. The van der Waals surface area contributed by atoms with E-state index in [4.69, 9.17) is 5.84 Å². The van der Waals surface area contributed by atoms with Crippen molar-refractivity contribution in [3.63, 3.8) is 0 Å². The molecule has 2 N–H and O–H groups in total. The second kappa shape index (κ2) is 6.68. The van der Waals surface area contributed by atoms with Crippen LogP contribution in [0.15, 0.2) is 36.4 Å². The van der Waals surface area contributed by atoms with Crippen molar-refractivity contribution < 1.29 is 4.92 Å². The molecule has 0 spiro atoms. The van der Waals surface area contributed by atoms with Crippen molar-refractivity contribution in [1.29, 1.82) is 0 Å². The van der Waals surface area contributed by atoms with Crippen molar-refractivity contribution in [1.82, 2.24) is 5.01 Å². The highest BCUT2D eigenvalue weighted by molar-refractivity contribution is 5.37. The topological polar surface area (TPSA) is 72.4 Å². The Hall–Kier alpha value is -2.24. The van der Waals surface area contributed by atoms with Gasteiger partial charge in [-0.1, -0.05) is 29.8 Å². The number of aryl methyl sites for hydroxylation is 3. The molecule has 2 rings (SSSR count). The number of benzene rings is 2. The van der Waals surface area contributed by atoms with Crippen molar-refractivity contribution in [2.45, 2.75) is 33.9 Å². The Kier molecular flexibility index (Phi) is 4.90. The first kappa shape index (κ1) is 16.1. The van der Waals surface area contributed by atoms with Gasteiger partial charge in [0.2, 0.25) is 0 Å². The van der Waals surface area contributed by atoms with Crippen LogP contribution in [0.25, 0.3) is 0 Å². The highest BCUT2D eigenvalue weighted by Gasteiger charge is 2.09. The van der Waals surface area contributed by atoms with Crippen LogP contribution in [0.3, 0.4) is 0 Å². The molecule has 0 saturated carbocycles. The summed E-state index contributed by atoms with van der Waals surface area (Å²) in [5, 5.41) is 12.4. The van der Waals surface area contributed by atoms with E-state index in [2.05, 4.69) is 32.9 Å². The van der Waals surface area contributed by atoms with Gasteiger partial charge in [-0.2, -0.15) is 0 Å². The normalized spacial score (nSPS) is 11.0.